The summed E-state index contributed by atoms with van der Waals surface area (Å²) in [4.78, 5) is 0. The van der Waals surface area contributed by atoms with Gasteiger partial charge in [0.2, 0.25) is 0 Å². The van der Waals surface area contributed by atoms with Crippen molar-refractivity contribution in [1.82, 2.24) is 5.32 Å². The van der Waals surface area contributed by atoms with Crippen LogP contribution in [0.4, 0.5) is 0 Å². The van der Waals surface area contributed by atoms with Crippen molar-refractivity contribution in [1.29, 1.82) is 0 Å². The molecule has 0 amide bonds. The summed E-state index contributed by atoms with van der Waals surface area (Å²) in [7, 11) is 0. The second kappa shape index (κ2) is 4.80. The molecule has 0 fully saturated rings. The lowest BCUT2D eigenvalue weighted by atomic mass is 10.1. The fourth-order valence-corrected chi connectivity index (χ4v) is 1.59. The van der Waals surface area contributed by atoms with Crippen molar-refractivity contribution in [2.45, 2.75) is 12.8 Å². The van der Waals surface area contributed by atoms with Crippen molar-refractivity contribution in [3.63, 3.8) is 0 Å². The quantitative estimate of drug-likeness (QED) is 0.625. The standard InChI is InChI=1S/C8H15NS/c1-10-6-4-8-3-2-5-9-7-8/h3,9H,2,4-7H2,1H3. The van der Waals surface area contributed by atoms with Crippen LogP contribution in [0, 0.1) is 0 Å². The number of nitrogens with one attached hydrogen (secondary N) is 1. The summed E-state index contributed by atoms with van der Waals surface area (Å²) < 4.78 is 0. The molecule has 0 aliphatic carbocycles. The first-order valence-corrected chi connectivity index (χ1v) is 5.20. The highest BCUT2D eigenvalue weighted by Crippen LogP contribution is 2.08. The van der Waals surface area contributed by atoms with Crippen LogP contribution in [0.25, 0.3) is 0 Å². The third-order valence-electron chi connectivity index (χ3n) is 1.73. The first-order valence-electron chi connectivity index (χ1n) is 3.81. The molecule has 2 heteroatoms. The van der Waals surface area contributed by atoms with Crippen molar-refractivity contribution in [3.8, 4) is 0 Å². The molecule has 10 heavy (non-hydrogen) atoms. The van der Waals surface area contributed by atoms with Crippen molar-refractivity contribution >= 4 is 11.8 Å². The minimum absolute atomic E-state index is 1.13. The molecule has 0 aromatic rings. The Kier molecular flexibility index (Phi) is 3.91. The Bertz CT molecular complexity index is 120. The molecule has 1 heterocycles. The van der Waals surface area contributed by atoms with Gasteiger partial charge < -0.3 is 5.32 Å². The van der Waals surface area contributed by atoms with Gasteiger partial charge in [0.25, 0.3) is 0 Å². The molecule has 1 aliphatic rings. The largest absolute Gasteiger partial charge is 0.313 e. The van der Waals surface area contributed by atoms with E-state index in [0.29, 0.717) is 0 Å². The smallest absolute Gasteiger partial charge is 0.0165 e. The van der Waals surface area contributed by atoms with Gasteiger partial charge in [-0.2, -0.15) is 11.8 Å². The highest BCUT2D eigenvalue weighted by Gasteiger charge is 2.00. The molecule has 1 nitrogen and oxygen atoms in total. The zero-order chi connectivity index (χ0) is 7.23. The lowest BCUT2D eigenvalue weighted by Crippen LogP contribution is -2.22. The molecule has 0 bridgehead atoms. The third kappa shape index (κ3) is 2.76. The summed E-state index contributed by atoms with van der Waals surface area (Å²) in [5.74, 6) is 1.27. The predicted octanol–water partition coefficient (Wildman–Crippen LogP) is 1.66. The van der Waals surface area contributed by atoms with Gasteiger partial charge in [0.05, 0.1) is 0 Å². The summed E-state index contributed by atoms with van der Waals surface area (Å²) in [6, 6.07) is 0. The number of hydrogen-bond acceptors (Lipinski definition) is 2. The molecule has 0 aromatic carbocycles. The minimum atomic E-state index is 1.13. The molecule has 0 radical (unpaired) electrons. The Balaban J connectivity index is 2.18. The maximum Gasteiger partial charge on any atom is 0.0165 e. The maximum atomic E-state index is 3.37. The first-order chi connectivity index (χ1) is 4.93. The number of rotatable bonds is 3. The van der Waals surface area contributed by atoms with Crippen LogP contribution in [0.3, 0.4) is 0 Å². The minimum Gasteiger partial charge on any atom is -0.313 e. The van der Waals surface area contributed by atoms with E-state index in [1.807, 2.05) is 11.8 Å². The average molecular weight is 157 g/mol. The van der Waals surface area contributed by atoms with E-state index in [1.165, 1.54) is 25.1 Å². The van der Waals surface area contributed by atoms with Gasteiger partial charge in [-0.15, -0.1) is 0 Å². The van der Waals surface area contributed by atoms with Crippen LogP contribution < -0.4 is 5.32 Å². The number of thioether (sulfide) groups is 1. The summed E-state index contributed by atoms with van der Waals surface area (Å²) in [6.07, 6.45) is 7.04. The van der Waals surface area contributed by atoms with Crippen LogP contribution in [0.2, 0.25) is 0 Å². The monoisotopic (exact) mass is 157 g/mol. The van der Waals surface area contributed by atoms with Gasteiger partial charge in [0.15, 0.2) is 0 Å². The van der Waals surface area contributed by atoms with E-state index in [2.05, 4.69) is 17.6 Å². The molecule has 0 saturated carbocycles. The van der Waals surface area contributed by atoms with Crippen molar-refractivity contribution in [3.05, 3.63) is 11.6 Å². The second-order valence-electron chi connectivity index (χ2n) is 2.57. The van der Waals surface area contributed by atoms with Crippen molar-refractivity contribution in [2.75, 3.05) is 25.1 Å². The maximum absolute atomic E-state index is 3.37. The highest BCUT2D eigenvalue weighted by atomic mass is 32.2. The van der Waals surface area contributed by atoms with Crippen LogP contribution in [-0.2, 0) is 0 Å². The molecule has 0 aromatic heterocycles. The average Bonchev–Trinajstić information content (AvgIpc) is 2.03. The molecule has 1 aliphatic heterocycles. The molecular weight excluding hydrogens is 142 g/mol. The molecule has 1 N–H and O–H groups in total. The zero-order valence-corrected chi connectivity index (χ0v) is 7.34. The van der Waals surface area contributed by atoms with Crippen LogP contribution in [-0.4, -0.2) is 25.1 Å². The van der Waals surface area contributed by atoms with Gasteiger partial charge in [0, 0.05) is 6.54 Å². The first kappa shape index (κ1) is 8.15. The van der Waals surface area contributed by atoms with Gasteiger partial charge in [0.1, 0.15) is 0 Å². The van der Waals surface area contributed by atoms with Gasteiger partial charge >= 0.3 is 0 Å². The Morgan fingerprint density at radius 3 is 3.20 bits per heavy atom. The van der Waals surface area contributed by atoms with E-state index in [1.54, 1.807) is 5.57 Å². The van der Waals surface area contributed by atoms with Gasteiger partial charge in [-0.1, -0.05) is 11.6 Å². The van der Waals surface area contributed by atoms with Crippen LogP contribution in [0.5, 0.6) is 0 Å². The van der Waals surface area contributed by atoms with Crippen molar-refractivity contribution < 1.29 is 0 Å². The molecule has 0 unspecified atom stereocenters. The van der Waals surface area contributed by atoms with Crippen molar-refractivity contribution in [2.24, 2.45) is 0 Å². The van der Waals surface area contributed by atoms with Gasteiger partial charge in [-0.05, 0) is 31.4 Å². The normalized spacial score (nSPS) is 18.7. The topological polar surface area (TPSA) is 12.0 Å². The molecule has 1 rings (SSSR count). The fourth-order valence-electron chi connectivity index (χ4n) is 1.12. The van der Waals surface area contributed by atoms with Gasteiger partial charge in [-0.25, -0.2) is 0 Å². The predicted molar refractivity (Wildman–Crippen MR) is 48.6 cm³/mol. The van der Waals surface area contributed by atoms with Crippen LogP contribution in [0.15, 0.2) is 11.6 Å². The van der Waals surface area contributed by atoms with E-state index >= 15 is 0 Å². The summed E-state index contributed by atoms with van der Waals surface area (Å²) in [6.45, 7) is 2.29. The molecule has 0 spiro atoms. The summed E-state index contributed by atoms with van der Waals surface area (Å²) in [5.41, 5.74) is 1.60. The molecule has 58 valence electrons. The Labute approximate surface area is 67.3 Å². The SMILES string of the molecule is CSCCC1=CCCNC1. The van der Waals surface area contributed by atoms with E-state index in [-0.39, 0.29) is 0 Å². The Morgan fingerprint density at radius 2 is 2.60 bits per heavy atom. The number of hydrogen-bond donors (Lipinski definition) is 1. The highest BCUT2D eigenvalue weighted by molar-refractivity contribution is 7.98. The Morgan fingerprint density at radius 1 is 1.70 bits per heavy atom. The second-order valence-corrected chi connectivity index (χ2v) is 3.56. The molecule has 0 atom stereocenters. The lowest BCUT2D eigenvalue weighted by Gasteiger charge is -2.12. The van der Waals surface area contributed by atoms with E-state index in [9.17, 15) is 0 Å². The van der Waals surface area contributed by atoms with E-state index < -0.39 is 0 Å². The fraction of sp³-hybridized carbons (Fsp3) is 0.750. The Hall–Kier alpha value is 0.0500. The van der Waals surface area contributed by atoms with Crippen LogP contribution >= 0.6 is 11.8 Å². The van der Waals surface area contributed by atoms with E-state index in [0.717, 1.165) is 6.54 Å². The zero-order valence-electron chi connectivity index (χ0n) is 6.52. The molecular formula is C8H15NS. The lowest BCUT2D eigenvalue weighted by molar-refractivity contribution is 0.688. The van der Waals surface area contributed by atoms with Crippen LogP contribution in [0.1, 0.15) is 12.8 Å². The molecule has 0 saturated heterocycles. The summed E-state index contributed by atoms with van der Waals surface area (Å²) >= 11 is 1.93. The third-order valence-corrected chi connectivity index (χ3v) is 2.35. The van der Waals surface area contributed by atoms with Gasteiger partial charge in [-0.3, -0.25) is 0 Å². The summed E-state index contributed by atoms with van der Waals surface area (Å²) in [5, 5.41) is 3.37. The van der Waals surface area contributed by atoms with E-state index in [4.69, 9.17) is 0 Å².